The lowest BCUT2D eigenvalue weighted by atomic mass is 10.0. The number of hydrogen-bond acceptors (Lipinski definition) is 5. The van der Waals surface area contributed by atoms with Crippen LogP contribution in [0.1, 0.15) is 36.7 Å². The molecule has 2 amide bonds. The van der Waals surface area contributed by atoms with Crippen LogP contribution in [0.2, 0.25) is 0 Å². The number of nitrogens with one attached hydrogen (secondary N) is 1. The van der Waals surface area contributed by atoms with Crippen LogP contribution in [-0.2, 0) is 11.3 Å². The van der Waals surface area contributed by atoms with Gasteiger partial charge in [0.25, 0.3) is 5.91 Å². The zero-order valence-corrected chi connectivity index (χ0v) is 18.6. The van der Waals surface area contributed by atoms with Crippen LogP contribution >= 0.6 is 0 Å². The molecule has 0 aliphatic carbocycles. The summed E-state index contributed by atoms with van der Waals surface area (Å²) in [5.74, 6) is 0.195. The second-order valence-electron chi connectivity index (χ2n) is 8.08. The summed E-state index contributed by atoms with van der Waals surface area (Å²) in [4.78, 5) is 34.4. The predicted octanol–water partition coefficient (Wildman–Crippen LogP) is 2.58. The van der Waals surface area contributed by atoms with Gasteiger partial charge in [0.2, 0.25) is 5.91 Å². The highest BCUT2D eigenvalue weighted by atomic mass is 16.5. The van der Waals surface area contributed by atoms with Crippen LogP contribution in [0.5, 0.6) is 5.75 Å². The molecule has 1 aliphatic heterocycles. The minimum Gasteiger partial charge on any atom is -0.493 e. The van der Waals surface area contributed by atoms with E-state index in [1.807, 2.05) is 43.9 Å². The first-order valence-electron chi connectivity index (χ1n) is 10.9. The summed E-state index contributed by atoms with van der Waals surface area (Å²) in [5.41, 5.74) is 1.67. The van der Waals surface area contributed by atoms with Gasteiger partial charge in [-0.05, 0) is 42.7 Å². The Morgan fingerprint density at radius 1 is 1.06 bits per heavy atom. The number of piperazine rings is 1. The molecular weight excluding hydrogens is 392 g/mol. The van der Waals surface area contributed by atoms with Crippen molar-refractivity contribution in [3.05, 3.63) is 59.9 Å². The summed E-state index contributed by atoms with van der Waals surface area (Å²) in [6.07, 6.45) is 3.60. The van der Waals surface area contributed by atoms with E-state index in [4.69, 9.17) is 4.74 Å². The summed E-state index contributed by atoms with van der Waals surface area (Å²) < 4.78 is 5.57. The Kier molecular flexibility index (Phi) is 8.00. The number of nitrogens with zero attached hydrogens (tertiary/aromatic N) is 3. The molecular formula is C24H32N4O3. The van der Waals surface area contributed by atoms with E-state index in [1.54, 1.807) is 30.6 Å². The van der Waals surface area contributed by atoms with E-state index in [0.717, 1.165) is 19.6 Å². The molecule has 1 atom stereocenters. The van der Waals surface area contributed by atoms with Crippen LogP contribution in [0.4, 0.5) is 0 Å². The molecule has 31 heavy (non-hydrogen) atoms. The van der Waals surface area contributed by atoms with Gasteiger partial charge in [-0.2, -0.15) is 0 Å². The molecule has 1 aromatic carbocycles. The second-order valence-corrected chi connectivity index (χ2v) is 8.08. The first-order valence-corrected chi connectivity index (χ1v) is 10.9. The number of carbonyl (C=O) groups is 2. The molecule has 166 valence electrons. The number of pyridine rings is 1. The highest BCUT2D eigenvalue weighted by Gasteiger charge is 2.31. The first kappa shape index (κ1) is 22.7. The molecule has 1 saturated heterocycles. The van der Waals surface area contributed by atoms with Crippen molar-refractivity contribution >= 4 is 11.8 Å². The first-order chi connectivity index (χ1) is 15.0. The monoisotopic (exact) mass is 424 g/mol. The van der Waals surface area contributed by atoms with E-state index in [1.165, 1.54) is 5.56 Å². The molecule has 7 nitrogen and oxygen atoms in total. The van der Waals surface area contributed by atoms with Crippen molar-refractivity contribution in [1.29, 1.82) is 0 Å². The van der Waals surface area contributed by atoms with Crippen molar-refractivity contribution < 1.29 is 14.3 Å². The molecule has 1 fully saturated rings. The lowest BCUT2D eigenvalue weighted by molar-refractivity contribution is -0.136. The van der Waals surface area contributed by atoms with Crippen LogP contribution in [0, 0.1) is 5.92 Å². The minimum atomic E-state index is -0.575. The molecule has 0 unspecified atom stereocenters. The Labute approximate surface area is 184 Å². The predicted molar refractivity (Wildman–Crippen MR) is 120 cm³/mol. The Hall–Kier alpha value is -2.93. The van der Waals surface area contributed by atoms with Gasteiger partial charge in [0.15, 0.2) is 0 Å². The zero-order chi connectivity index (χ0) is 22.2. The maximum Gasteiger partial charge on any atom is 0.255 e. The Morgan fingerprint density at radius 2 is 1.74 bits per heavy atom. The third-order valence-corrected chi connectivity index (χ3v) is 5.49. The lowest BCUT2D eigenvalue weighted by Crippen LogP contribution is -2.56. The fourth-order valence-electron chi connectivity index (χ4n) is 3.74. The van der Waals surface area contributed by atoms with E-state index < -0.39 is 6.04 Å². The van der Waals surface area contributed by atoms with Gasteiger partial charge in [0.05, 0.1) is 12.2 Å². The Morgan fingerprint density at radius 3 is 2.39 bits per heavy atom. The molecule has 7 heteroatoms. The number of hydrogen-bond donors (Lipinski definition) is 1. The van der Waals surface area contributed by atoms with Crippen LogP contribution in [-0.4, -0.2) is 65.4 Å². The number of benzene rings is 1. The molecule has 1 aromatic heterocycles. The quantitative estimate of drug-likeness (QED) is 0.705. The maximum atomic E-state index is 13.2. The molecule has 2 heterocycles. The van der Waals surface area contributed by atoms with E-state index in [0.29, 0.717) is 31.0 Å². The minimum absolute atomic E-state index is 0.0226. The third-order valence-electron chi connectivity index (χ3n) is 5.49. The highest BCUT2D eigenvalue weighted by Crippen LogP contribution is 2.19. The lowest BCUT2D eigenvalue weighted by Gasteiger charge is -2.37. The van der Waals surface area contributed by atoms with Crippen molar-refractivity contribution in [2.24, 2.45) is 5.92 Å². The van der Waals surface area contributed by atoms with Gasteiger partial charge in [-0.3, -0.25) is 19.5 Å². The number of aromatic nitrogens is 1. The number of ether oxygens (including phenoxy) is 1. The Bertz CT molecular complexity index is 864. The summed E-state index contributed by atoms with van der Waals surface area (Å²) in [7, 11) is 0. The van der Waals surface area contributed by atoms with Gasteiger partial charge in [0.1, 0.15) is 11.8 Å². The van der Waals surface area contributed by atoms with E-state index in [9.17, 15) is 9.59 Å². The number of carbonyl (C=O) groups excluding carboxylic acids is 2. The standard InChI is InChI=1S/C24H32N4O3/c1-4-31-21-8-6-5-7-20(21)23(29)26-22(18(2)3)24(30)28-15-13-27(14-16-28)17-19-9-11-25-12-10-19/h5-12,18,22H,4,13-17H2,1-3H3,(H,26,29)/t22-/m0/s1. The largest absolute Gasteiger partial charge is 0.493 e. The fourth-order valence-corrected chi connectivity index (χ4v) is 3.74. The molecule has 0 saturated carbocycles. The topological polar surface area (TPSA) is 74.8 Å². The maximum absolute atomic E-state index is 13.2. The molecule has 3 rings (SSSR count). The molecule has 1 aliphatic rings. The van der Waals surface area contributed by atoms with Crippen LogP contribution < -0.4 is 10.1 Å². The molecule has 2 aromatic rings. The van der Waals surface area contributed by atoms with E-state index >= 15 is 0 Å². The fraction of sp³-hybridized carbons (Fsp3) is 0.458. The number of para-hydroxylation sites is 1. The Balaban J connectivity index is 1.60. The summed E-state index contributed by atoms with van der Waals surface area (Å²) in [5, 5.41) is 2.95. The number of amides is 2. The van der Waals surface area contributed by atoms with Gasteiger partial charge in [0, 0.05) is 45.1 Å². The summed E-state index contributed by atoms with van der Waals surface area (Å²) in [6.45, 7) is 10.0. The van der Waals surface area contributed by atoms with Crippen molar-refractivity contribution in [3.8, 4) is 5.75 Å². The number of rotatable bonds is 8. The smallest absolute Gasteiger partial charge is 0.255 e. The van der Waals surface area contributed by atoms with Gasteiger partial charge in [-0.25, -0.2) is 0 Å². The highest BCUT2D eigenvalue weighted by molar-refractivity contribution is 5.99. The van der Waals surface area contributed by atoms with Crippen molar-refractivity contribution in [3.63, 3.8) is 0 Å². The van der Waals surface area contributed by atoms with E-state index in [2.05, 4.69) is 15.2 Å². The molecule has 1 N–H and O–H groups in total. The van der Waals surface area contributed by atoms with Gasteiger partial charge < -0.3 is 15.0 Å². The van der Waals surface area contributed by atoms with Crippen molar-refractivity contribution in [2.75, 3.05) is 32.8 Å². The normalized spacial score (nSPS) is 15.5. The van der Waals surface area contributed by atoms with Crippen molar-refractivity contribution in [2.45, 2.75) is 33.4 Å². The van der Waals surface area contributed by atoms with Crippen molar-refractivity contribution in [1.82, 2.24) is 20.1 Å². The average molecular weight is 425 g/mol. The van der Waals surface area contributed by atoms with Crippen LogP contribution in [0.25, 0.3) is 0 Å². The molecule has 0 spiro atoms. The summed E-state index contributed by atoms with van der Waals surface area (Å²) >= 11 is 0. The summed E-state index contributed by atoms with van der Waals surface area (Å²) in [6, 6.07) is 10.6. The van der Waals surface area contributed by atoms with Crippen LogP contribution in [0.3, 0.4) is 0 Å². The van der Waals surface area contributed by atoms with Gasteiger partial charge in [-0.1, -0.05) is 26.0 Å². The second kappa shape index (κ2) is 10.9. The average Bonchev–Trinajstić information content (AvgIpc) is 2.78. The van der Waals surface area contributed by atoms with Crippen LogP contribution in [0.15, 0.2) is 48.8 Å². The molecule has 0 bridgehead atoms. The zero-order valence-electron chi connectivity index (χ0n) is 18.6. The van der Waals surface area contributed by atoms with E-state index in [-0.39, 0.29) is 17.7 Å². The van der Waals surface area contributed by atoms with Gasteiger partial charge in [-0.15, -0.1) is 0 Å². The van der Waals surface area contributed by atoms with Gasteiger partial charge >= 0.3 is 0 Å². The molecule has 0 radical (unpaired) electrons. The third kappa shape index (κ3) is 6.04. The SMILES string of the molecule is CCOc1ccccc1C(=O)N[C@H](C(=O)N1CCN(Cc2ccncc2)CC1)C(C)C.